The second-order valence-electron chi connectivity index (χ2n) is 23.4. The van der Waals surface area contributed by atoms with Gasteiger partial charge in [-0.2, -0.15) is 0 Å². The molecular weight excluding hydrogens is 870 g/mol. The van der Waals surface area contributed by atoms with E-state index >= 15 is 0 Å². The quantitative estimate of drug-likeness (QED) is 0.179. The fourth-order valence-corrected chi connectivity index (χ4v) is 13.7. The van der Waals surface area contributed by atoms with Crippen LogP contribution in [0.5, 0.6) is 0 Å². The average molecular weight is 925 g/mol. The summed E-state index contributed by atoms with van der Waals surface area (Å²) in [5.74, 6) is 0.631. The second-order valence-corrected chi connectivity index (χ2v) is 24.4. The van der Waals surface area contributed by atoms with Gasteiger partial charge in [-0.25, -0.2) is 4.98 Å². The summed E-state index contributed by atoms with van der Waals surface area (Å²) in [5.41, 5.74) is 22.9. The molecule has 4 nitrogen and oxygen atoms in total. The highest BCUT2D eigenvalue weighted by molar-refractivity contribution is 7.25. The van der Waals surface area contributed by atoms with E-state index in [1.165, 1.54) is 110 Å². The third-order valence-electron chi connectivity index (χ3n) is 16.7. The number of anilines is 2. The van der Waals surface area contributed by atoms with E-state index in [-0.39, 0.29) is 21.7 Å². The Morgan fingerprint density at radius 1 is 0.614 bits per heavy atom. The van der Waals surface area contributed by atoms with E-state index < -0.39 is 0 Å². The summed E-state index contributed by atoms with van der Waals surface area (Å²) in [4.78, 5) is 5.10. The molecule has 1 aliphatic heterocycles. The monoisotopic (exact) mass is 924 g/mol. The molecule has 0 spiro atoms. The number of aromatic nitrogens is 2. The Morgan fingerprint density at radius 2 is 1.31 bits per heavy atom. The molecule has 11 aromatic rings. The van der Waals surface area contributed by atoms with Gasteiger partial charge in [-0.3, -0.25) is 0 Å². The highest BCUT2D eigenvalue weighted by Gasteiger charge is 2.39. The lowest BCUT2D eigenvalue weighted by molar-refractivity contribution is 0.332. The van der Waals surface area contributed by atoms with E-state index in [1.54, 1.807) is 0 Å². The van der Waals surface area contributed by atoms with Crippen molar-refractivity contribution in [3.05, 3.63) is 167 Å². The summed E-state index contributed by atoms with van der Waals surface area (Å²) in [5, 5.41) is 9.16. The first-order chi connectivity index (χ1) is 33.5. The molecule has 341 valence electrons. The maximum atomic E-state index is 6.61. The number of hydrogen-bond acceptors (Lipinski definition) is 4. The molecule has 14 rings (SSSR count). The molecule has 6 heteroatoms. The molecule has 0 saturated heterocycles. The van der Waals surface area contributed by atoms with Gasteiger partial charge < -0.3 is 14.3 Å². The fourth-order valence-electron chi connectivity index (χ4n) is 12.5. The van der Waals surface area contributed by atoms with Crippen LogP contribution in [0.4, 0.5) is 11.4 Å². The van der Waals surface area contributed by atoms with Crippen molar-refractivity contribution in [3.63, 3.8) is 0 Å². The molecular formula is C64H55BN3OS. The van der Waals surface area contributed by atoms with Crippen molar-refractivity contribution in [2.45, 2.75) is 96.8 Å². The van der Waals surface area contributed by atoms with E-state index in [2.05, 4.69) is 201 Å². The van der Waals surface area contributed by atoms with Gasteiger partial charge >= 0.3 is 0 Å². The molecule has 0 amide bonds. The minimum Gasteiger partial charge on any atom is -0.436 e. The number of fused-ring (bicyclic) bond motifs is 13. The Morgan fingerprint density at radius 3 is 2.09 bits per heavy atom. The first-order valence-electron chi connectivity index (χ1n) is 25.1. The van der Waals surface area contributed by atoms with Gasteiger partial charge in [0.2, 0.25) is 5.89 Å². The highest BCUT2D eigenvalue weighted by atomic mass is 32.1. The van der Waals surface area contributed by atoms with Crippen molar-refractivity contribution in [2.24, 2.45) is 0 Å². The van der Waals surface area contributed by atoms with Crippen molar-refractivity contribution in [2.75, 3.05) is 5.32 Å². The Balaban J connectivity index is 1.05. The Bertz CT molecular complexity index is 4060. The summed E-state index contributed by atoms with van der Waals surface area (Å²) in [6.07, 6.45) is 2.38. The first kappa shape index (κ1) is 42.0. The van der Waals surface area contributed by atoms with Gasteiger partial charge in [0.05, 0.1) is 5.52 Å². The zero-order valence-electron chi connectivity index (χ0n) is 41.5. The summed E-state index contributed by atoms with van der Waals surface area (Å²) < 4.78 is 11.8. The molecule has 3 aromatic heterocycles. The lowest BCUT2D eigenvalue weighted by Gasteiger charge is -2.41. The van der Waals surface area contributed by atoms with Crippen molar-refractivity contribution in [1.82, 2.24) is 9.55 Å². The first-order valence-corrected chi connectivity index (χ1v) is 25.9. The van der Waals surface area contributed by atoms with Crippen LogP contribution in [0.15, 0.2) is 144 Å². The van der Waals surface area contributed by atoms with E-state index in [1.807, 2.05) is 29.5 Å². The van der Waals surface area contributed by atoms with Crippen molar-refractivity contribution in [1.29, 1.82) is 0 Å². The number of oxazole rings is 1. The predicted octanol–water partition coefficient (Wildman–Crippen LogP) is 16.3. The number of thiophene rings is 1. The van der Waals surface area contributed by atoms with Crippen LogP contribution in [0.3, 0.4) is 0 Å². The van der Waals surface area contributed by atoms with Gasteiger partial charge in [0, 0.05) is 76.1 Å². The molecule has 1 N–H and O–H groups in total. The van der Waals surface area contributed by atoms with Crippen LogP contribution in [-0.2, 0) is 21.7 Å². The summed E-state index contributed by atoms with van der Waals surface area (Å²) in [6.45, 7) is 21.3. The number of rotatable bonds is 4. The largest absolute Gasteiger partial charge is 0.436 e. The van der Waals surface area contributed by atoms with Gasteiger partial charge in [-0.05, 0) is 146 Å². The van der Waals surface area contributed by atoms with Crippen LogP contribution < -0.4 is 16.2 Å². The van der Waals surface area contributed by atoms with Gasteiger partial charge in [0.15, 0.2) is 12.9 Å². The van der Waals surface area contributed by atoms with E-state index in [4.69, 9.17) is 9.40 Å². The van der Waals surface area contributed by atoms with Gasteiger partial charge in [-0.15, -0.1) is 11.3 Å². The van der Waals surface area contributed by atoms with E-state index in [9.17, 15) is 0 Å². The summed E-state index contributed by atoms with van der Waals surface area (Å²) >= 11 is 1.93. The molecule has 3 aliphatic rings. The fraction of sp³-hybridized carbons (Fsp3) is 0.234. The van der Waals surface area contributed by atoms with Crippen LogP contribution in [0.1, 0.15) is 103 Å². The van der Waals surface area contributed by atoms with Crippen molar-refractivity contribution < 1.29 is 4.42 Å². The van der Waals surface area contributed by atoms with Crippen LogP contribution in [-0.4, -0.2) is 16.8 Å². The number of nitrogens with one attached hydrogen (secondary N) is 1. The average Bonchev–Trinajstić information content (AvgIpc) is 4.07. The molecule has 0 unspecified atom stereocenters. The van der Waals surface area contributed by atoms with Crippen LogP contribution >= 0.6 is 11.3 Å². The third kappa shape index (κ3) is 5.98. The number of hydrogen-bond donors (Lipinski definition) is 1. The predicted molar refractivity (Wildman–Crippen MR) is 298 cm³/mol. The molecule has 70 heavy (non-hydrogen) atoms. The molecule has 4 heterocycles. The summed E-state index contributed by atoms with van der Waals surface area (Å²) in [7, 11) is 2.42. The molecule has 2 aliphatic carbocycles. The second kappa shape index (κ2) is 14.1. The molecule has 1 radical (unpaired) electrons. The highest BCUT2D eigenvalue weighted by Crippen LogP contribution is 2.53. The molecule has 8 aromatic carbocycles. The van der Waals surface area contributed by atoms with Gasteiger partial charge in [-0.1, -0.05) is 135 Å². The van der Waals surface area contributed by atoms with Crippen molar-refractivity contribution >= 4 is 94.0 Å². The zero-order valence-corrected chi connectivity index (χ0v) is 42.3. The van der Waals surface area contributed by atoms with Crippen LogP contribution in [0.2, 0.25) is 0 Å². The van der Waals surface area contributed by atoms with Crippen molar-refractivity contribution in [3.8, 4) is 39.4 Å². The Kier molecular flexibility index (Phi) is 8.49. The topological polar surface area (TPSA) is 43.0 Å². The van der Waals surface area contributed by atoms with Gasteiger partial charge in [0.25, 0.3) is 0 Å². The van der Waals surface area contributed by atoms with E-state index in [0.29, 0.717) is 5.89 Å². The molecule has 0 bridgehead atoms. The SMILES string of the molecule is CC(C)(C)c1ccc(Nc2cc3sc4cc5c(cc4c3cc2-c2ccc3c4cc6c(cc4n4c3c2[B]c2cc3nc(-c7ccccc7)oc3cc2-4)C(C)(C)c2ccccc2-6)C(C)(C)CCC5(C)C)cc1. The Labute approximate surface area is 414 Å². The lowest BCUT2D eigenvalue weighted by Crippen LogP contribution is -2.37. The third-order valence-corrected chi connectivity index (χ3v) is 17.8. The smallest absolute Gasteiger partial charge is 0.227 e. The van der Waals surface area contributed by atoms with Crippen LogP contribution in [0, 0.1) is 0 Å². The Hall–Kier alpha value is -6.89. The van der Waals surface area contributed by atoms with E-state index in [0.717, 1.165) is 39.2 Å². The normalized spacial score (nSPS) is 16.1. The zero-order chi connectivity index (χ0) is 47.8. The maximum absolute atomic E-state index is 6.61. The maximum Gasteiger partial charge on any atom is 0.227 e. The van der Waals surface area contributed by atoms with Crippen LogP contribution in [0.25, 0.3) is 92.5 Å². The lowest BCUT2D eigenvalue weighted by atomic mass is 9.59. The van der Waals surface area contributed by atoms with Gasteiger partial charge in [0.1, 0.15) is 5.52 Å². The standard InChI is InChI=1S/C64H55BN3OS/c1-61(2,3)36-19-21-37(22-20-36)66-51-33-57-44(45-29-48-49(31-56(45)70-57)63(6,7)26-25-62(48,4)5)28-42(51)39-23-24-40-43-27-41-38-17-13-14-18-46(38)64(8,9)47(41)30-53(43)68-54-34-55-52(32-50(54)65-58(39)59(40)68)67-60(69-55)35-15-11-10-12-16-35/h10-24,27-34,66H,25-26H2,1-9H3. The molecule has 0 atom stereocenters. The minimum atomic E-state index is -0.150. The number of nitrogens with zero attached hydrogens (tertiary/aromatic N) is 2. The summed E-state index contributed by atoms with van der Waals surface area (Å²) in [6, 6.07) is 52.5. The number of benzene rings is 8. The molecule has 0 saturated carbocycles. The molecule has 0 fully saturated rings. The minimum absolute atomic E-state index is 0.0601.